The van der Waals surface area contributed by atoms with Gasteiger partial charge < -0.3 is 14.6 Å². The topological polar surface area (TPSA) is 55.8 Å². The molecule has 0 unspecified atom stereocenters. The SMILES string of the molecule is CCOCCOc1ccc(C(F)(F)F)cc1C(=O)O. The highest BCUT2D eigenvalue weighted by atomic mass is 19.4. The second-order valence-corrected chi connectivity index (χ2v) is 3.56. The lowest BCUT2D eigenvalue weighted by Gasteiger charge is -2.12. The van der Waals surface area contributed by atoms with E-state index in [9.17, 15) is 18.0 Å². The van der Waals surface area contributed by atoms with Crippen LogP contribution in [0.25, 0.3) is 0 Å². The van der Waals surface area contributed by atoms with Crippen LogP contribution in [0.1, 0.15) is 22.8 Å². The van der Waals surface area contributed by atoms with Crippen LogP contribution in [0, 0.1) is 0 Å². The number of carboxylic acids is 1. The molecule has 0 saturated carbocycles. The Morgan fingerprint density at radius 1 is 1.32 bits per heavy atom. The molecule has 19 heavy (non-hydrogen) atoms. The van der Waals surface area contributed by atoms with Crippen molar-refractivity contribution in [1.29, 1.82) is 0 Å². The first-order chi connectivity index (χ1) is 8.86. The zero-order valence-corrected chi connectivity index (χ0v) is 10.2. The minimum Gasteiger partial charge on any atom is -0.490 e. The fraction of sp³-hybridized carbons (Fsp3) is 0.417. The van der Waals surface area contributed by atoms with E-state index < -0.39 is 23.3 Å². The van der Waals surface area contributed by atoms with Gasteiger partial charge in [-0.3, -0.25) is 0 Å². The summed E-state index contributed by atoms with van der Waals surface area (Å²) >= 11 is 0. The Morgan fingerprint density at radius 2 is 2.00 bits per heavy atom. The molecule has 0 saturated heterocycles. The van der Waals surface area contributed by atoms with Gasteiger partial charge in [-0.25, -0.2) is 4.79 Å². The zero-order chi connectivity index (χ0) is 14.5. The van der Waals surface area contributed by atoms with Crippen LogP contribution in [-0.4, -0.2) is 30.9 Å². The van der Waals surface area contributed by atoms with Gasteiger partial charge in [0.05, 0.1) is 12.2 Å². The standard InChI is InChI=1S/C12H13F3O4/c1-2-18-5-6-19-10-4-3-8(12(13,14)15)7-9(10)11(16)17/h3-4,7H,2,5-6H2,1H3,(H,16,17). The number of hydrogen-bond donors (Lipinski definition) is 1. The van der Waals surface area contributed by atoms with E-state index in [1.54, 1.807) is 6.92 Å². The van der Waals surface area contributed by atoms with E-state index in [2.05, 4.69) is 0 Å². The number of carbonyl (C=O) groups is 1. The number of halogens is 3. The number of ether oxygens (including phenoxy) is 2. The van der Waals surface area contributed by atoms with Gasteiger partial charge >= 0.3 is 12.1 Å². The van der Waals surface area contributed by atoms with Crippen LogP contribution in [0.3, 0.4) is 0 Å². The highest BCUT2D eigenvalue weighted by molar-refractivity contribution is 5.91. The summed E-state index contributed by atoms with van der Waals surface area (Å²) in [5, 5.41) is 8.88. The Labute approximate surface area is 107 Å². The van der Waals surface area contributed by atoms with Crippen LogP contribution < -0.4 is 4.74 Å². The van der Waals surface area contributed by atoms with E-state index in [4.69, 9.17) is 14.6 Å². The molecular formula is C12H13F3O4. The van der Waals surface area contributed by atoms with Crippen LogP contribution in [-0.2, 0) is 10.9 Å². The van der Waals surface area contributed by atoms with Gasteiger partial charge in [0, 0.05) is 6.61 Å². The monoisotopic (exact) mass is 278 g/mol. The molecule has 1 aromatic carbocycles. The highest BCUT2D eigenvalue weighted by Gasteiger charge is 2.32. The van der Waals surface area contributed by atoms with Crippen molar-refractivity contribution >= 4 is 5.97 Å². The Morgan fingerprint density at radius 3 is 2.53 bits per heavy atom. The van der Waals surface area contributed by atoms with Crippen molar-refractivity contribution in [2.24, 2.45) is 0 Å². The van der Waals surface area contributed by atoms with E-state index in [1.165, 1.54) is 0 Å². The molecule has 1 N–H and O–H groups in total. The van der Waals surface area contributed by atoms with Crippen molar-refractivity contribution in [3.05, 3.63) is 29.3 Å². The molecule has 0 atom stereocenters. The van der Waals surface area contributed by atoms with Gasteiger partial charge in [-0.2, -0.15) is 13.2 Å². The number of carboxylic acid groups (broad SMARTS) is 1. The van der Waals surface area contributed by atoms with Crippen LogP contribution >= 0.6 is 0 Å². The third kappa shape index (κ3) is 4.44. The predicted octanol–water partition coefficient (Wildman–Crippen LogP) is 2.82. The Kier molecular flexibility index (Phi) is 5.17. The summed E-state index contributed by atoms with van der Waals surface area (Å²) in [5.74, 6) is -1.59. The minimum atomic E-state index is -4.59. The first-order valence-corrected chi connectivity index (χ1v) is 5.51. The summed E-state index contributed by atoms with van der Waals surface area (Å²) in [6.07, 6.45) is -4.59. The first-order valence-electron chi connectivity index (χ1n) is 5.51. The van der Waals surface area contributed by atoms with Gasteiger partial charge in [-0.15, -0.1) is 0 Å². The second kappa shape index (κ2) is 6.42. The lowest BCUT2D eigenvalue weighted by Crippen LogP contribution is -2.12. The molecule has 0 heterocycles. The molecule has 1 rings (SSSR count). The maximum absolute atomic E-state index is 12.5. The molecular weight excluding hydrogens is 265 g/mol. The van der Waals surface area contributed by atoms with Crippen LogP contribution in [0.2, 0.25) is 0 Å². The molecule has 0 amide bonds. The maximum atomic E-state index is 12.5. The fourth-order valence-corrected chi connectivity index (χ4v) is 1.35. The van der Waals surface area contributed by atoms with Gasteiger partial charge in [-0.05, 0) is 25.1 Å². The average Bonchev–Trinajstić information content (AvgIpc) is 2.33. The Hall–Kier alpha value is -1.76. The Bertz CT molecular complexity index is 443. The van der Waals surface area contributed by atoms with Gasteiger partial charge in [0.15, 0.2) is 0 Å². The molecule has 0 aliphatic heterocycles. The van der Waals surface area contributed by atoms with Crippen molar-refractivity contribution in [3.8, 4) is 5.75 Å². The minimum absolute atomic E-state index is 0.0689. The van der Waals surface area contributed by atoms with Crippen LogP contribution in [0.15, 0.2) is 18.2 Å². The average molecular weight is 278 g/mol. The molecule has 0 bridgehead atoms. The first kappa shape index (κ1) is 15.3. The normalized spacial score (nSPS) is 11.4. The molecule has 0 radical (unpaired) electrons. The zero-order valence-electron chi connectivity index (χ0n) is 10.2. The third-order valence-corrected chi connectivity index (χ3v) is 2.23. The molecule has 0 aromatic heterocycles. The molecule has 0 aliphatic rings. The van der Waals surface area contributed by atoms with Gasteiger partial charge in [0.2, 0.25) is 0 Å². The fourth-order valence-electron chi connectivity index (χ4n) is 1.35. The number of rotatable bonds is 6. The Balaban J connectivity index is 2.90. The second-order valence-electron chi connectivity index (χ2n) is 3.56. The van der Waals surface area contributed by atoms with Gasteiger partial charge in [0.1, 0.15) is 17.9 Å². The molecule has 106 valence electrons. The van der Waals surface area contributed by atoms with Crippen LogP contribution in [0.5, 0.6) is 5.75 Å². The van der Waals surface area contributed by atoms with Crippen molar-refractivity contribution in [2.45, 2.75) is 13.1 Å². The molecule has 0 aliphatic carbocycles. The van der Waals surface area contributed by atoms with Crippen molar-refractivity contribution in [3.63, 3.8) is 0 Å². The summed E-state index contributed by atoms with van der Waals surface area (Å²) in [6.45, 7) is 2.55. The quantitative estimate of drug-likeness (QED) is 0.813. The van der Waals surface area contributed by atoms with E-state index in [-0.39, 0.29) is 19.0 Å². The van der Waals surface area contributed by atoms with E-state index >= 15 is 0 Å². The molecule has 7 heteroatoms. The third-order valence-electron chi connectivity index (χ3n) is 2.23. The number of aromatic carboxylic acids is 1. The predicted molar refractivity (Wildman–Crippen MR) is 60.4 cm³/mol. The maximum Gasteiger partial charge on any atom is 0.416 e. The highest BCUT2D eigenvalue weighted by Crippen LogP contribution is 2.32. The molecule has 0 fully saturated rings. The van der Waals surface area contributed by atoms with Gasteiger partial charge in [0.25, 0.3) is 0 Å². The number of alkyl halides is 3. The summed E-state index contributed by atoms with van der Waals surface area (Å²) in [6, 6.07) is 2.33. The lowest BCUT2D eigenvalue weighted by molar-refractivity contribution is -0.137. The van der Waals surface area contributed by atoms with E-state index in [0.29, 0.717) is 12.7 Å². The summed E-state index contributed by atoms with van der Waals surface area (Å²) in [5.41, 5.74) is -1.55. The van der Waals surface area contributed by atoms with Gasteiger partial charge in [-0.1, -0.05) is 0 Å². The lowest BCUT2D eigenvalue weighted by atomic mass is 10.1. The summed E-state index contributed by atoms with van der Waals surface area (Å²) in [4.78, 5) is 10.9. The van der Waals surface area contributed by atoms with Crippen molar-refractivity contribution in [2.75, 3.05) is 19.8 Å². The van der Waals surface area contributed by atoms with Crippen molar-refractivity contribution < 1.29 is 32.5 Å². The molecule has 4 nitrogen and oxygen atoms in total. The number of benzene rings is 1. The van der Waals surface area contributed by atoms with Crippen LogP contribution in [0.4, 0.5) is 13.2 Å². The van der Waals surface area contributed by atoms with E-state index in [1.807, 2.05) is 0 Å². The smallest absolute Gasteiger partial charge is 0.416 e. The van der Waals surface area contributed by atoms with E-state index in [0.717, 1.165) is 12.1 Å². The largest absolute Gasteiger partial charge is 0.490 e. The summed E-state index contributed by atoms with van der Waals surface area (Å²) in [7, 11) is 0. The van der Waals surface area contributed by atoms with Crippen molar-refractivity contribution in [1.82, 2.24) is 0 Å². The number of hydrogen-bond acceptors (Lipinski definition) is 3. The molecule has 1 aromatic rings. The molecule has 0 spiro atoms. The summed E-state index contributed by atoms with van der Waals surface area (Å²) < 4.78 is 47.5.